The van der Waals surface area contributed by atoms with Crippen molar-refractivity contribution in [1.82, 2.24) is 19.6 Å². The van der Waals surface area contributed by atoms with Crippen molar-refractivity contribution in [3.63, 3.8) is 0 Å². The summed E-state index contributed by atoms with van der Waals surface area (Å²) >= 11 is 0. The molecule has 8 heteroatoms. The van der Waals surface area contributed by atoms with Gasteiger partial charge in [-0.25, -0.2) is 0 Å². The molecule has 0 radical (unpaired) electrons. The maximum atomic E-state index is 13.1. The highest BCUT2D eigenvalue weighted by atomic mass is 16.5. The van der Waals surface area contributed by atoms with Gasteiger partial charge in [-0.15, -0.1) is 0 Å². The SMILES string of the molecule is Cc1noc(C)c1-c1c(OCCN2CCOCC2)ccc2ccc(=O)n(Cc3ccccn3)c12. The summed E-state index contributed by atoms with van der Waals surface area (Å²) in [5.41, 5.74) is 3.92. The topological polar surface area (TPSA) is 82.6 Å². The number of hydrogen-bond donors (Lipinski definition) is 0. The van der Waals surface area contributed by atoms with Crippen LogP contribution in [-0.4, -0.2) is 59.1 Å². The fourth-order valence-corrected chi connectivity index (χ4v) is 4.50. The minimum atomic E-state index is -0.100. The molecular weight excluding hydrogens is 432 g/mol. The molecule has 0 amide bonds. The lowest BCUT2D eigenvalue weighted by molar-refractivity contribution is 0.0323. The molecule has 4 aromatic rings. The Morgan fingerprint density at radius 1 is 1.03 bits per heavy atom. The molecule has 34 heavy (non-hydrogen) atoms. The lowest BCUT2D eigenvalue weighted by atomic mass is 9.98. The molecule has 0 aliphatic carbocycles. The van der Waals surface area contributed by atoms with E-state index in [9.17, 15) is 4.79 Å². The number of pyridine rings is 2. The summed E-state index contributed by atoms with van der Waals surface area (Å²) in [4.78, 5) is 19.9. The number of morpholine rings is 1. The number of fused-ring (bicyclic) bond motifs is 1. The predicted molar refractivity (Wildman–Crippen MR) is 129 cm³/mol. The molecule has 0 bridgehead atoms. The van der Waals surface area contributed by atoms with Gasteiger partial charge in [0.05, 0.1) is 47.8 Å². The highest BCUT2D eigenvalue weighted by molar-refractivity contribution is 5.98. The Labute approximate surface area is 197 Å². The van der Waals surface area contributed by atoms with Gasteiger partial charge in [-0.05, 0) is 49.6 Å². The summed E-state index contributed by atoms with van der Waals surface area (Å²) in [7, 11) is 0. The van der Waals surface area contributed by atoms with E-state index in [0.29, 0.717) is 24.7 Å². The number of ether oxygens (including phenoxy) is 2. The first-order valence-corrected chi connectivity index (χ1v) is 11.5. The Hall–Kier alpha value is -3.49. The molecule has 1 aliphatic rings. The summed E-state index contributed by atoms with van der Waals surface area (Å²) in [6.45, 7) is 8.78. The van der Waals surface area contributed by atoms with Crippen molar-refractivity contribution in [2.45, 2.75) is 20.4 Å². The minimum absolute atomic E-state index is 0.100. The first-order chi connectivity index (χ1) is 16.6. The highest BCUT2D eigenvalue weighted by Gasteiger charge is 2.22. The molecule has 0 atom stereocenters. The van der Waals surface area contributed by atoms with Gasteiger partial charge in [0.1, 0.15) is 18.1 Å². The van der Waals surface area contributed by atoms with Crippen molar-refractivity contribution in [2.24, 2.45) is 0 Å². The van der Waals surface area contributed by atoms with Crippen LogP contribution in [0, 0.1) is 13.8 Å². The lowest BCUT2D eigenvalue weighted by Gasteiger charge is -2.26. The van der Waals surface area contributed by atoms with Crippen LogP contribution < -0.4 is 10.3 Å². The molecule has 1 aromatic carbocycles. The van der Waals surface area contributed by atoms with E-state index in [4.69, 9.17) is 14.0 Å². The first-order valence-electron chi connectivity index (χ1n) is 11.5. The first kappa shape index (κ1) is 22.3. The average molecular weight is 461 g/mol. The second-order valence-electron chi connectivity index (χ2n) is 8.46. The second kappa shape index (κ2) is 9.79. The standard InChI is InChI=1S/C26H28N4O4/c1-18-24(19(2)34-28-18)25-22(33-16-13-29-11-14-32-15-12-29)8-6-20-7-9-23(31)30(26(20)25)17-21-5-3-4-10-27-21/h3-10H,11-17H2,1-2H3. The van der Waals surface area contributed by atoms with Crippen molar-refractivity contribution in [3.05, 3.63) is 76.2 Å². The Balaban J connectivity index is 1.62. The van der Waals surface area contributed by atoms with Crippen LogP contribution in [0.4, 0.5) is 0 Å². The second-order valence-corrected chi connectivity index (χ2v) is 8.46. The summed E-state index contributed by atoms with van der Waals surface area (Å²) in [5, 5.41) is 5.11. The van der Waals surface area contributed by atoms with Crippen LogP contribution in [0.2, 0.25) is 0 Å². The number of nitrogens with zero attached hydrogens (tertiary/aromatic N) is 4. The van der Waals surface area contributed by atoms with E-state index in [1.54, 1.807) is 16.8 Å². The zero-order chi connectivity index (χ0) is 23.5. The maximum Gasteiger partial charge on any atom is 0.251 e. The molecule has 5 rings (SSSR count). The summed E-state index contributed by atoms with van der Waals surface area (Å²) in [6.07, 6.45) is 1.74. The van der Waals surface area contributed by atoms with E-state index in [0.717, 1.165) is 66.3 Å². The maximum absolute atomic E-state index is 13.1. The predicted octanol–water partition coefficient (Wildman–Crippen LogP) is 3.43. The van der Waals surface area contributed by atoms with Crippen LogP contribution in [0.1, 0.15) is 17.1 Å². The third-order valence-corrected chi connectivity index (χ3v) is 6.21. The zero-order valence-electron chi connectivity index (χ0n) is 19.5. The third kappa shape index (κ3) is 4.47. The van der Waals surface area contributed by atoms with Crippen LogP contribution in [0.5, 0.6) is 5.75 Å². The van der Waals surface area contributed by atoms with Gasteiger partial charge >= 0.3 is 0 Å². The fraction of sp³-hybridized carbons (Fsp3) is 0.346. The average Bonchev–Trinajstić information content (AvgIpc) is 3.19. The Morgan fingerprint density at radius 3 is 2.59 bits per heavy atom. The fourth-order valence-electron chi connectivity index (χ4n) is 4.50. The van der Waals surface area contributed by atoms with Crippen molar-refractivity contribution >= 4 is 10.9 Å². The van der Waals surface area contributed by atoms with Gasteiger partial charge in [-0.1, -0.05) is 11.2 Å². The number of aryl methyl sites for hydroxylation is 2. The van der Waals surface area contributed by atoms with E-state index in [1.807, 2.05) is 50.2 Å². The van der Waals surface area contributed by atoms with E-state index in [1.165, 1.54) is 0 Å². The van der Waals surface area contributed by atoms with Gasteiger partial charge in [0.2, 0.25) is 0 Å². The van der Waals surface area contributed by atoms with Gasteiger partial charge < -0.3 is 18.6 Å². The smallest absolute Gasteiger partial charge is 0.251 e. The molecule has 0 spiro atoms. The van der Waals surface area contributed by atoms with E-state index in [2.05, 4.69) is 15.0 Å². The quantitative estimate of drug-likeness (QED) is 0.418. The molecule has 176 valence electrons. The minimum Gasteiger partial charge on any atom is -0.492 e. The van der Waals surface area contributed by atoms with E-state index >= 15 is 0 Å². The van der Waals surface area contributed by atoms with E-state index < -0.39 is 0 Å². The number of hydrogen-bond acceptors (Lipinski definition) is 7. The molecule has 1 saturated heterocycles. The molecule has 1 aliphatic heterocycles. The normalized spacial score (nSPS) is 14.5. The Bertz CT molecular complexity index is 1320. The van der Waals surface area contributed by atoms with Gasteiger partial charge in [0.15, 0.2) is 0 Å². The zero-order valence-corrected chi connectivity index (χ0v) is 19.5. The Morgan fingerprint density at radius 2 is 1.85 bits per heavy atom. The van der Waals surface area contributed by atoms with Crippen LogP contribution in [0.3, 0.4) is 0 Å². The van der Waals surface area contributed by atoms with Gasteiger partial charge in [-0.2, -0.15) is 0 Å². The summed E-state index contributed by atoms with van der Waals surface area (Å²) < 4.78 is 19.1. The number of aromatic nitrogens is 3. The molecule has 0 saturated carbocycles. The summed E-state index contributed by atoms with van der Waals surface area (Å²) in [5.74, 6) is 1.39. The third-order valence-electron chi connectivity index (χ3n) is 6.21. The number of rotatable bonds is 7. The molecule has 1 fully saturated rings. The van der Waals surface area contributed by atoms with Crippen LogP contribution in [-0.2, 0) is 11.3 Å². The Kier molecular flexibility index (Phi) is 6.42. The molecule has 3 aromatic heterocycles. The van der Waals surface area contributed by atoms with E-state index in [-0.39, 0.29) is 5.56 Å². The van der Waals surface area contributed by atoms with Crippen molar-refractivity contribution in [3.8, 4) is 16.9 Å². The van der Waals surface area contributed by atoms with Gasteiger partial charge in [-0.3, -0.25) is 14.7 Å². The van der Waals surface area contributed by atoms with Crippen molar-refractivity contribution in [1.29, 1.82) is 0 Å². The van der Waals surface area contributed by atoms with Gasteiger partial charge in [0.25, 0.3) is 5.56 Å². The highest BCUT2D eigenvalue weighted by Crippen LogP contribution is 2.40. The lowest BCUT2D eigenvalue weighted by Crippen LogP contribution is -2.38. The molecule has 0 unspecified atom stereocenters. The number of benzene rings is 1. The monoisotopic (exact) mass is 460 g/mol. The van der Waals surface area contributed by atoms with Crippen LogP contribution in [0.15, 0.2) is 58.0 Å². The summed E-state index contributed by atoms with van der Waals surface area (Å²) in [6, 6.07) is 13.1. The van der Waals surface area contributed by atoms with Crippen LogP contribution >= 0.6 is 0 Å². The largest absolute Gasteiger partial charge is 0.492 e. The van der Waals surface area contributed by atoms with Crippen molar-refractivity contribution < 1.29 is 14.0 Å². The molecule has 4 heterocycles. The van der Waals surface area contributed by atoms with Crippen molar-refractivity contribution in [2.75, 3.05) is 39.5 Å². The van der Waals surface area contributed by atoms with Crippen LogP contribution in [0.25, 0.3) is 22.0 Å². The molecular formula is C26H28N4O4. The van der Waals surface area contributed by atoms with Gasteiger partial charge in [0, 0.05) is 31.9 Å². The molecule has 0 N–H and O–H groups in total. The molecule has 8 nitrogen and oxygen atoms in total.